The molecule has 0 radical (unpaired) electrons. The fraction of sp³-hybridized carbons (Fsp3) is 0.778. The lowest BCUT2D eigenvalue weighted by molar-refractivity contribution is 0.103. The molecule has 1 saturated carbocycles. The van der Waals surface area contributed by atoms with Crippen LogP contribution >= 0.6 is 15.9 Å². The minimum Gasteiger partial charge on any atom is -0.386 e. The third-order valence-electron chi connectivity index (χ3n) is 2.95. The van der Waals surface area contributed by atoms with E-state index >= 15 is 0 Å². The predicted molar refractivity (Wildman–Crippen MR) is 55.6 cm³/mol. The smallest absolute Gasteiger partial charge is 0.154 e. The van der Waals surface area contributed by atoms with Crippen molar-refractivity contribution in [2.45, 2.75) is 31.8 Å². The summed E-state index contributed by atoms with van der Waals surface area (Å²) < 4.78 is 2.31. The zero-order valence-electron chi connectivity index (χ0n) is 8.15. The molecule has 1 unspecified atom stereocenters. The van der Waals surface area contributed by atoms with Gasteiger partial charge in [0.1, 0.15) is 11.8 Å². The molecule has 0 saturated heterocycles. The number of hydrogen-bond donors (Lipinski definition) is 1. The standard InChI is InChI=1S/C9H14BrN3O/c1-13-7(9(10)11-12-13)8(14)6-4-2-3-5-6/h6,8,14H,2-5H2,1H3. The molecule has 1 aliphatic carbocycles. The molecule has 4 nitrogen and oxygen atoms in total. The predicted octanol–water partition coefficient (Wildman–Crippen LogP) is 1.80. The molecule has 1 fully saturated rings. The van der Waals surface area contributed by atoms with E-state index in [1.54, 1.807) is 4.68 Å². The Morgan fingerprint density at radius 2 is 2.14 bits per heavy atom. The lowest BCUT2D eigenvalue weighted by atomic mass is 9.99. The van der Waals surface area contributed by atoms with Gasteiger partial charge in [0, 0.05) is 7.05 Å². The highest BCUT2D eigenvalue weighted by Crippen LogP contribution is 2.37. The maximum absolute atomic E-state index is 10.1. The Morgan fingerprint density at radius 3 is 2.64 bits per heavy atom. The Bertz CT molecular complexity index is 300. The number of halogens is 1. The molecule has 14 heavy (non-hydrogen) atoms. The third-order valence-corrected chi connectivity index (χ3v) is 3.52. The van der Waals surface area contributed by atoms with Crippen LogP contribution in [0, 0.1) is 5.92 Å². The second kappa shape index (κ2) is 3.98. The number of rotatable bonds is 2. The van der Waals surface area contributed by atoms with Gasteiger partial charge < -0.3 is 5.11 Å². The van der Waals surface area contributed by atoms with Crippen molar-refractivity contribution in [2.75, 3.05) is 0 Å². The Hall–Kier alpha value is -0.420. The van der Waals surface area contributed by atoms with Gasteiger partial charge in [0.2, 0.25) is 0 Å². The summed E-state index contributed by atoms with van der Waals surface area (Å²) in [7, 11) is 1.81. The molecule has 2 rings (SSSR count). The molecule has 0 bridgehead atoms. The topological polar surface area (TPSA) is 50.9 Å². The molecule has 0 aromatic carbocycles. The number of hydrogen-bond acceptors (Lipinski definition) is 3. The Morgan fingerprint density at radius 1 is 1.50 bits per heavy atom. The van der Waals surface area contributed by atoms with Crippen molar-refractivity contribution in [1.82, 2.24) is 15.0 Å². The summed E-state index contributed by atoms with van der Waals surface area (Å²) in [5.41, 5.74) is 0.803. The fourth-order valence-corrected chi connectivity index (χ4v) is 2.71. The maximum Gasteiger partial charge on any atom is 0.154 e. The number of aromatic nitrogens is 3. The van der Waals surface area contributed by atoms with E-state index in [0.29, 0.717) is 10.5 Å². The van der Waals surface area contributed by atoms with Gasteiger partial charge in [0.05, 0.1) is 0 Å². The van der Waals surface area contributed by atoms with Gasteiger partial charge in [0.15, 0.2) is 4.60 Å². The van der Waals surface area contributed by atoms with Gasteiger partial charge in [-0.05, 0) is 34.7 Å². The van der Waals surface area contributed by atoms with Crippen LogP contribution in [0.25, 0.3) is 0 Å². The van der Waals surface area contributed by atoms with E-state index in [0.717, 1.165) is 18.5 Å². The molecule has 1 N–H and O–H groups in total. The molecular formula is C9H14BrN3O. The highest BCUT2D eigenvalue weighted by molar-refractivity contribution is 9.10. The molecular weight excluding hydrogens is 246 g/mol. The van der Waals surface area contributed by atoms with Gasteiger partial charge in [-0.2, -0.15) is 0 Å². The van der Waals surface area contributed by atoms with E-state index in [1.165, 1.54) is 12.8 Å². The summed E-state index contributed by atoms with van der Waals surface area (Å²) in [5.74, 6) is 0.378. The number of nitrogens with zero attached hydrogens (tertiary/aromatic N) is 3. The van der Waals surface area contributed by atoms with E-state index in [4.69, 9.17) is 0 Å². The van der Waals surface area contributed by atoms with Gasteiger partial charge in [-0.1, -0.05) is 18.1 Å². The van der Waals surface area contributed by atoms with Crippen LogP contribution in [0.1, 0.15) is 37.5 Å². The van der Waals surface area contributed by atoms with Crippen molar-refractivity contribution in [3.8, 4) is 0 Å². The van der Waals surface area contributed by atoms with Crippen LogP contribution in [0.15, 0.2) is 4.60 Å². The highest BCUT2D eigenvalue weighted by atomic mass is 79.9. The maximum atomic E-state index is 10.1. The first kappa shape index (κ1) is 10.1. The lowest BCUT2D eigenvalue weighted by Crippen LogP contribution is -2.13. The zero-order chi connectivity index (χ0) is 10.1. The second-order valence-corrected chi connectivity index (χ2v) is 4.63. The summed E-state index contributed by atoms with van der Waals surface area (Å²) in [6, 6.07) is 0. The monoisotopic (exact) mass is 259 g/mol. The molecule has 1 atom stereocenters. The summed E-state index contributed by atoms with van der Waals surface area (Å²) in [6.07, 6.45) is 4.25. The lowest BCUT2D eigenvalue weighted by Gasteiger charge is -2.17. The Balaban J connectivity index is 2.21. The summed E-state index contributed by atoms with van der Waals surface area (Å²) >= 11 is 3.31. The van der Waals surface area contributed by atoms with Crippen LogP contribution < -0.4 is 0 Å². The van der Waals surface area contributed by atoms with E-state index < -0.39 is 6.10 Å². The zero-order valence-corrected chi connectivity index (χ0v) is 9.74. The van der Waals surface area contributed by atoms with Crippen molar-refractivity contribution < 1.29 is 5.11 Å². The molecule has 78 valence electrons. The second-order valence-electron chi connectivity index (χ2n) is 3.88. The Labute approximate surface area is 91.4 Å². The molecule has 1 heterocycles. The largest absolute Gasteiger partial charge is 0.386 e. The molecule has 5 heteroatoms. The quantitative estimate of drug-likeness (QED) is 0.882. The van der Waals surface area contributed by atoms with E-state index in [1.807, 2.05) is 7.05 Å². The normalized spacial score (nSPS) is 20.2. The van der Waals surface area contributed by atoms with Crippen LogP contribution in [0.5, 0.6) is 0 Å². The van der Waals surface area contributed by atoms with Crippen LogP contribution in [0.4, 0.5) is 0 Å². The Kier molecular flexibility index (Phi) is 2.88. The first-order chi connectivity index (χ1) is 6.70. The van der Waals surface area contributed by atoms with Gasteiger partial charge in [-0.3, -0.25) is 0 Å². The molecule has 0 amide bonds. The summed E-state index contributed by atoms with van der Waals surface area (Å²) in [5, 5.41) is 17.9. The van der Waals surface area contributed by atoms with Crippen LogP contribution in [-0.2, 0) is 7.05 Å². The van der Waals surface area contributed by atoms with Crippen molar-refractivity contribution in [2.24, 2.45) is 13.0 Å². The molecule has 1 aromatic rings. The molecule has 1 aromatic heterocycles. The highest BCUT2D eigenvalue weighted by Gasteiger charge is 2.28. The van der Waals surface area contributed by atoms with Crippen LogP contribution in [0.2, 0.25) is 0 Å². The number of aryl methyl sites for hydroxylation is 1. The average Bonchev–Trinajstić information content (AvgIpc) is 2.75. The van der Waals surface area contributed by atoms with Crippen molar-refractivity contribution >= 4 is 15.9 Å². The van der Waals surface area contributed by atoms with Crippen molar-refractivity contribution in [3.63, 3.8) is 0 Å². The van der Waals surface area contributed by atoms with Gasteiger partial charge in [-0.25, -0.2) is 4.68 Å². The molecule has 1 aliphatic rings. The first-order valence-corrected chi connectivity index (χ1v) is 5.72. The van der Waals surface area contributed by atoms with Crippen LogP contribution in [0.3, 0.4) is 0 Å². The average molecular weight is 260 g/mol. The van der Waals surface area contributed by atoms with Gasteiger partial charge in [0.25, 0.3) is 0 Å². The minimum atomic E-state index is -0.424. The summed E-state index contributed by atoms with van der Waals surface area (Å²) in [6.45, 7) is 0. The van der Waals surface area contributed by atoms with Crippen LogP contribution in [-0.4, -0.2) is 20.1 Å². The van der Waals surface area contributed by atoms with Crippen molar-refractivity contribution in [3.05, 3.63) is 10.3 Å². The van der Waals surface area contributed by atoms with Gasteiger partial charge >= 0.3 is 0 Å². The SMILES string of the molecule is Cn1nnc(Br)c1C(O)C1CCCC1. The van der Waals surface area contributed by atoms with E-state index in [-0.39, 0.29) is 0 Å². The first-order valence-electron chi connectivity index (χ1n) is 4.93. The van der Waals surface area contributed by atoms with E-state index in [9.17, 15) is 5.11 Å². The summed E-state index contributed by atoms with van der Waals surface area (Å²) in [4.78, 5) is 0. The number of aliphatic hydroxyl groups is 1. The molecule has 0 aliphatic heterocycles. The van der Waals surface area contributed by atoms with Gasteiger partial charge in [-0.15, -0.1) is 5.10 Å². The van der Waals surface area contributed by atoms with E-state index in [2.05, 4.69) is 26.2 Å². The molecule has 0 spiro atoms. The fourth-order valence-electron chi connectivity index (χ4n) is 2.15. The number of aliphatic hydroxyl groups excluding tert-OH is 1. The van der Waals surface area contributed by atoms with Crippen molar-refractivity contribution in [1.29, 1.82) is 0 Å². The minimum absolute atomic E-state index is 0.378. The third kappa shape index (κ3) is 1.70.